The van der Waals surface area contributed by atoms with E-state index >= 15 is 0 Å². The van der Waals surface area contributed by atoms with Gasteiger partial charge >= 0.3 is 12.1 Å². The van der Waals surface area contributed by atoms with Crippen LogP contribution < -0.4 is 15.0 Å². The number of rotatable bonds is 8. The number of para-hydroxylation sites is 1. The first kappa shape index (κ1) is 29.5. The first-order valence-electron chi connectivity index (χ1n) is 12.6. The third kappa shape index (κ3) is 6.44. The van der Waals surface area contributed by atoms with Crippen LogP contribution in [0.25, 0.3) is 22.3 Å². The number of halogens is 4. The number of hydrogen-bond donors (Lipinski definition) is 1. The zero-order valence-corrected chi connectivity index (χ0v) is 23.9. The van der Waals surface area contributed by atoms with E-state index in [-0.39, 0.29) is 28.9 Å². The minimum atomic E-state index is -4.59. The summed E-state index contributed by atoms with van der Waals surface area (Å²) in [5.74, 6) is -0.376. The Morgan fingerprint density at radius 3 is 2.47 bits per heavy atom. The van der Waals surface area contributed by atoms with E-state index in [1.165, 1.54) is 37.6 Å². The lowest BCUT2D eigenvalue weighted by molar-refractivity contribution is -0.137. The molecule has 0 radical (unpaired) electrons. The summed E-state index contributed by atoms with van der Waals surface area (Å²) in [5.41, 5.74) is 0.295. The summed E-state index contributed by atoms with van der Waals surface area (Å²) >= 11 is 3.47. The van der Waals surface area contributed by atoms with Crippen molar-refractivity contribution in [3.05, 3.63) is 122 Å². The van der Waals surface area contributed by atoms with Gasteiger partial charge in [0.05, 0.1) is 35.4 Å². The summed E-state index contributed by atoms with van der Waals surface area (Å²) in [7, 11) is 1.45. The van der Waals surface area contributed by atoms with Crippen LogP contribution in [0.4, 0.5) is 13.2 Å². The van der Waals surface area contributed by atoms with E-state index in [2.05, 4.69) is 26.0 Å². The fourth-order valence-electron chi connectivity index (χ4n) is 4.20. The summed E-state index contributed by atoms with van der Waals surface area (Å²) in [6, 6.07) is 20.5. The van der Waals surface area contributed by atoms with Crippen molar-refractivity contribution in [3.63, 3.8) is 0 Å². The number of methoxy groups -OCH3 is 1. The largest absolute Gasteiger partial charge is 0.493 e. The molecule has 0 aliphatic rings. The molecular formula is C31H21BrF3N3O5. The average Bonchev–Trinajstić information content (AvgIpc) is 3.00. The lowest BCUT2D eigenvalue weighted by Crippen LogP contribution is -2.20. The molecule has 43 heavy (non-hydrogen) atoms. The lowest BCUT2D eigenvalue weighted by Gasteiger charge is -2.14. The summed E-state index contributed by atoms with van der Waals surface area (Å²) in [6.45, 7) is 0.134. The lowest BCUT2D eigenvalue weighted by atomic mass is 10.1. The van der Waals surface area contributed by atoms with Crippen LogP contribution in [-0.4, -0.2) is 34.1 Å². The van der Waals surface area contributed by atoms with Crippen molar-refractivity contribution < 1.29 is 32.5 Å². The second-order valence-corrected chi connectivity index (χ2v) is 10.1. The van der Waals surface area contributed by atoms with E-state index in [4.69, 9.17) is 14.6 Å². The molecule has 0 spiro atoms. The van der Waals surface area contributed by atoms with Gasteiger partial charge in [0.15, 0.2) is 17.3 Å². The number of benzene rings is 4. The number of ether oxygens (including phenoxy) is 2. The topological polar surface area (TPSA) is 103 Å². The van der Waals surface area contributed by atoms with Crippen LogP contribution >= 0.6 is 15.9 Å². The number of nitrogens with zero attached hydrogens (tertiary/aromatic N) is 3. The third-order valence-electron chi connectivity index (χ3n) is 6.39. The van der Waals surface area contributed by atoms with Crippen molar-refractivity contribution in [1.82, 2.24) is 9.66 Å². The number of carboxylic acid groups (broad SMARTS) is 1. The second kappa shape index (κ2) is 12.1. The van der Waals surface area contributed by atoms with Crippen molar-refractivity contribution in [1.29, 1.82) is 0 Å². The molecule has 1 N–H and O–H groups in total. The zero-order chi connectivity index (χ0) is 30.7. The number of alkyl halides is 3. The maximum absolute atomic E-state index is 13.5. The molecule has 4 aromatic carbocycles. The molecule has 0 atom stereocenters. The van der Waals surface area contributed by atoms with E-state index in [1.807, 2.05) is 0 Å². The monoisotopic (exact) mass is 651 g/mol. The van der Waals surface area contributed by atoms with Gasteiger partial charge in [0.2, 0.25) is 0 Å². The van der Waals surface area contributed by atoms with E-state index in [0.29, 0.717) is 27.1 Å². The number of fused-ring (bicyclic) bond motifs is 1. The Hall–Kier alpha value is -4.97. The first-order chi connectivity index (χ1) is 20.5. The molecule has 0 saturated heterocycles. The Morgan fingerprint density at radius 2 is 1.77 bits per heavy atom. The molecule has 0 saturated carbocycles. The predicted octanol–water partition coefficient (Wildman–Crippen LogP) is 7.01. The minimum Gasteiger partial charge on any atom is -0.493 e. The maximum Gasteiger partial charge on any atom is 0.416 e. The van der Waals surface area contributed by atoms with Crippen molar-refractivity contribution in [2.45, 2.75) is 12.8 Å². The number of carboxylic acids is 1. The van der Waals surface area contributed by atoms with Crippen LogP contribution in [0.5, 0.6) is 11.5 Å². The Balaban J connectivity index is 1.51. The standard InChI is InChI=1S/C31H21BrF3N3O5/c1-42-26-14-21(24(32)15-27(26)43-17-18-9-11-19(12-10-18)30(40)41)16-36-38-28(20-5-4-6-22(13-20)31(33,34)35)37-25-8-3-2-7-23(25)29(38)39/h2-16H,17H2,1H3,(H,40,41). The van der Waals surface area contributed by atoms with Crippen LogP contribution in [0, 0.1) is 0 Å². The maximum atomic E-state index is 13.5. The molecule has 0 aliphatic heterocycles. The highest BCUT2D eigenvalue weighted by Crippen LogP contribution is 2.34. The molecule has 0 unspecified atom stereocenters. The van der Waals surface area contributed by atoms with Gasteiger partial charge in [-0.1, -0.05) is 36.4 Å². The van der Waals surface area contributed by atoms with Gasteiger partial charge in [0, 0.05) is 15.6 Å². The summed E-state index contributed by atoms with van der Waals surface area (Å²) in [5, 5.41) is 13.7. The molecule has 0 amide bonds. The van der Waals surface area contributed by atoms with E-state index in [0.717, 1.165) is 22.4 Å². The number of carbonyl (C=O) groups is 1. The van der Waals surface area contributed by atoms with Crippen molar-refractivity contribution >= 4 is 39.0 Å². The minimum absolute atomic E-state index is 0.0617. The fraction of sp³-hybridized carbons (Fsp3) is 0.0968. The SMILES string of the molecule is COc1cc(C=Nn2c(-c3cccc(C(F)(F)F)c3)nc3ccccc3c2=O)c(Br)cc1OCc1ccc(C(=O)O)cc1. The summed E-state index contributed by atoms with van der Waals surface area (Å²) in [4.78, 5) is 29.0. The number of aromatic nitrogens is 2. The molecule has 8 nitrogen and oxygen atoms in total. The smallest absolute Gasteiger partial charge is 0.416 e. The molecule has 5 aromatic rings. The van der Waals surface area contributed by atoms with Gasteiger partial charge in [-0.3, -0.25) is 4.79 Å². The van der Waals surface area contributed by atoms with Crippen molar-refractivity contribution in [3.8, 4) is 22.9 Å². The Bertz CT molecular complexity index is 1920. The van der Waals surface area contributed by atoms with Crippen LogP contribution in [0.2, 0.25) is 0 Å². The first-order valence-corrected chi connectivity index (χ1v) is 13.4. The average molecular weight is 652 g/mol. The Morgan fingerprint density at radius 1 is 1.02 bits per heavy atom. The van der Waals surface area contributed by atoms with E-state index in [1.54, 1.807) is 48.5 Å². The van der Waals surface area contributed by atoms with E-state index < -0.39 is 23.3 Å². The molecule has 1 heterocycles. The van der Waals surface area contributed by atoms with Gasteiger partial charge in [0.1, 0.15) is 6.61 Å². The highest BCUT2D eigenvalue weighted by Gasteiger charge is 2.31. The van der Waals surface area contributed by atoms with Crippen LogP contribution in [0.15, 0.2) is 99.3 Å². The van der Waals surface area contributed by atoms with Gasteiger partial charge in [-0.05, 0) is 70.0 Å². The third-order valence-corrected chi connectivity index (χ3v) is 7.08. The van der Waals surface area contributed by atoms with Gasteiger partial charge in [-0.15, -0.1) is 0 Å². The molecule has 0 fully saturated rings. The highest BCUT2D eigenvalue weighted by atomic mass is 79.9. The number of hydrogen-bond acceptors (Lipinski definition) is 6. The quantitative estimate of drug-likeness (QED) is 0.181. The molecule has 0 bridgehead atoms. The molecule has 5 rings (SSSR count). The highest BCUT2D eigenvalue weighted by molar-refractivity contribution is 9.10. The molecular weight excluding hydrogens is 631 g/mol. The normalized spacial score (nSPS) is 11.7. The van der Waals surface area contributed by atoms with Crippen molar-refractivity contribution in [2.24, 2.45) is 5.10 Å². The molecule has 0 aliphatic carbocycles. The van der Waals surface area contributed by atoms with Crippen LogP contribution in [0.1, 0.15) is 27.0 Å². The molecule has 12 heteroatoms. The molecule has 218 valence electrons. The van der Waals surface area contributed by atoms with Crippen LogP contribution in [0.3, 0.4) is 0 Å². The van der Waals surface area contributed by atoms with Gasteiger partial charge < -0.3 is 14.6 Å². The summed E-state index contributed by atoms with van der Waals surface area (Å²) in [6.07, 6.45) is -3.23. The fourth-order valence-corrected chi connectivity index (χ4v) is 4.62. The van der Waals surface area contributed by atoms with Gasteiger partial charge in [-0.2, -0.15) is 22.9 Å². The second-order valence-electron chi connectivity index (χ2n) is 9.21. The Kier molecular flexibility index (Phi) is 8.31. The van der Waals surface area contributed by atoms with Gasteiger partial charge in [-0.25, -0.2) is 9.78 Å². The predicted molar refractivity (Wildman–Crippen MR) is 158 cm³/mol. The van der Waals surface area contributed by atoms with Gasteiger partial charge in [0.25, 0.3) is 5.56 Å². The van der Waals surface area contributed by atoms with Crippen LogP contribution in [-0.2, 0) is 12.8 Å². The summed E-state index contributed by atoms with van der Waals surface area (Å²) < 4.78 is 53.2. The van der Waals surface area contributed by atoms with Crippen molar-refractivity contribution in [2.75, 3.05) is 7.11 Å². The Labute approximate surface area is 250 Å². The molecule has 1 aromatic heterocycles. The number of aromatic carboxylic acids is 1. The van der Waals surface area contributed by atoms with E-state index in [9.17, 15) is 22.8 Å². The zero-order valence-electron chi connectivity index (χ0n) is 22.3.